The van der Waals surface area contributed by atoms with Gasteiger partial charge in [-0.25, -0.2) is 0 Å². The Kier molecular flexibility index (Phi) is 11.3. The molecule has 0 aliphatic carbocycles. The predicted molar refractivity (Wildman–Crippen MR) is 141 cm³/mol. The van der Waals surface area contributed by atoms with E-state index in [1.807, 2.05) is 19.9 Å². The summed E-state index contributed by atoms with van der Waals surface area (Å²) in [6.45, 7) is 7.94. The molecule has 0 saturated carbocycles. The Labute approximate surface area is 210 Å². The van der Waals surface area contributed by atoms with Crippen molar-refractivity contribution in [1.29, 1.82) is 0 Å². The number of thiocarbonyl (C=S) groups is 1. The molecule has 2 N–H and O–H groups in total. The molecular formula is C25H32BrN3O3S. The van der Waals surface area contributed by atoms with Gasteiger partial charge in [-0.1, -0.05) is 42.1 Å². The minimum absolute atomic E-state index is 0.0145. The van der Waals surface area contributed by atoms with E-state index in [1.165, 1.54) is 6.42 Å². The molecule has 2 amide bonds. The van der Waals surface area contributed by atoms with Gasteiger partial charge in [-0.15, -0.1) is 0 Å². The SMILES string of the molecule is CCCCCCOc1ccc(Br)cc1C(=O)NC(=S)Nc1ccc(C(=O)N(CC)CC)cc1. The molecule has 0 aliphatic heterocycles. The zero-order valence-corrected chi connectivity index (χ0v) is 21.9. The van der Waals surface area contributed by atoms with Crippen molar-refractivity contribution in [3.8, 4) is 5.75 Å². The molecular weight excluding hydrogens is 502 g/mol. The minimum Gasteiger partial charge on any atom is -0.493 e. The van der Waals surface area contributed by atoms with E-state index in [9.17, 15) is 9.59 Å². The van der Waals surface area contributed by atoms with Gasteiger partial charge in [0.2, 0.25) is 0 Å². The average molecular weight is 535 g/mol. The van der Waals surface area contributed by atoms with Crippen LogP contribution in [-0.2, 0) is 0 Å². The molecule has 0 saturated heterocycles. The summed E-state index contributed by atoms with van der Waals surface area (Å²) in [7, 11) is 0. The Balaban J connectivity index is 1.98. The number of carbonyl (C=O) groups excluding carboxylic acids is 2. The number of anilines is 1. The number of unbranched alkanes of at least 4 members (excludes halogenated alkanes) is 3. The third-order valence-electron chi connectivity index (χ3n) is 5.11. The summed E-state index contributed by atoms with van der Waals surface area (Å²) in [4.78, 5) is 27.0. The highest BCUT2D eigenvalue weighted by Crippen LogP contribution is 2.24. The van der Waals surface area contributed by atoms with Crippen molar-refractivity contribution >= 4 is 50.8 Å². The first-order valence-electron chi connectivity index (χ1n) is 11.3. The van der Waals surface area contributed by atoms with E-state index < -0.39 is 0 Å². The van der Waals surface area contributed by atoms with Crippen molar-refractivity contribution in [3.05, 3.63) is 58.1 Å². The number of halogens is 1. The summed E-state index contributed by atoms with van der Waals surface area (Å²) >= 11 is 8.73. The van der Waals surface area contributed by atoms with Gasteiger partial charge in [-0.2, -0.15) is 0 Å². The molecule has 0 unspecified atom stereocenters. The average Bonchev–Trinajstić information content (AvgIpc) is 2.80. The van der Waals surface area contributed by atoms with Crippen LogP contribution in [0.2, 0.25) is 0 Å². The maximum Gasteiger partial charge on any atom is 0.261 e. The second-order valence-corrected chi connectivity index (χ2v) is 8.84. The van der Waals surface area contributed by atoms with Crippen LogP contribution in [-0.4, -0.2) is 41.5 Å². The first-order valence-corrected chi connectivity index (χ1v) is 12.5. The smallest absolute Gasteiger partial charge is 0.261 e. The molecule has 0 bridgehead atoms. The van der Waals surface area contributed by atoms with Crippen LogP contribution < -0.4 is 15.4 Å². The number of carbonyl (C=O) groups is 2. The molecule has 2 aromatic carbocycles. The number of amides is 2. The maximum absolute atomic E-state index is 12.8. The molecule has 0 aromatic heterocycles. The van der Waals surface area contributed by atoms with Gasteiger partial charge in [0.15, 0.2) is 5.11 Å². The highest BCUT2D eigenvalue weighted by Gasteiger charge is 2.16. The quantitative estimate of drug-likeness (QED) is 0.273. The van der Waals surface area contributed by atoms with Gasteiger partial charge >= 0.3 is 0 Å². The van der Waals surface area contributed by atoms with E-state index in [0.717, 1.165) is 23.7 Å². The normalized spacial score (nSPS) is 10.4. The summed E-state index contributed by atoms with van der Waals surface area (Å²) in [5.74, 6) is 0.152. The number of hydrogen-bond acceptors (Lipinski definition) is 4. The van der Waals surface area contributed by atoms with E-state index >= 15 is 0 Å². The number of nitrogens with zero attached hydrogens (tertiary/aromatic N) is 1. The van der Waals surface area contributed by atoms with E-state index in [2.05, 4.69) is 33.5 Å². The third kappa shape index (κ3) is 8.44. The van der Waals surface area contributed by atoms with E-state index in [-0.39, 0.29) is 16.9 Å². The van der Waals surface area contributed by atoms with Crippen LogP contribution in [0.25, 0.3) is 0 Å². The zero-order chi connectivity index (χ0) is 24.2. The Hall–Kier alpha value is -2.45. The van der Waals surface area contributed by atoms with Gasteiger partial charge < -0.3 is 15.0 Å². The van der Waals surface area contributed by atoms with Gasteiger partial charge in [0.1, 0.15) is 5.75 Å². The summed E-state index contributed by atoms with van der Waals surface area (Å²) in [6.07, 6.45) is 4.37. The van der Waals surface area contributed by atoms with E-state index in [0.29, 0.717) is 42.3 Å². The second-order valence-electron chi connectivity index (χ2n) is 7.51. The Morgan fingerprint density at radius 1 is 1.00 bits per heavy atom. The monoisotopic (exact) mass is 533 g/mol. The van der Waals surface area contributed by atoms with Gasteiger partial charge in [0, 0.05) is 28.8 Å². The number of ether oxygens (including phenoxy) is 1. The lowest BCUT2D eigenvalue weighted by Crippen LogP contribution is -2.34. The van der Waals surface area contributed by atoms with Crippen molar-refractivity contribution in [2.75, 3.05) is 25.0 Å². The number of nitrogens with one attached hydrogen (secondary N) is 2. The molecule has 0 aliphatic rings. The fourth-order valence-corrected chi connectivity index (χ4v) is 3.81. The first-order chi connectivity index (χ1) is 15.9. The molecule has 8 heteroatoms. The predicted octanol–water partition coefficient (Wildman–Crippen LogP) is 6.02. The maximum atomic E-state index is 12.8. The lowest BCUT2D eigenvalue weighted by molar-refractivity contribution is 0.0772. The zero-order valence-electron chi connectivity index (χ0n) is 19.4. The molecule has 0 fully saturated rings. The van der Waals surface area contributed by atoms with Crippen LogP contribution in [0.5, 0.6) is 5.75 Å². The van der Waals surface area contributed by atoms with Crippen LogP contribution >= 0.6 is 28.1 Å². The minimum atomic E-state index is -0.356. The largest absolute Gasteiger partial charge is 0.493 e. The summed E-state index contributed by atoms with van der Waals surface area (Å²) in [5, 5.41) is 5.85. The second kappa shape index (κ2) is 14.0. The topological polar surface area (TPSA) is 70.7 Å². The van der Waals surface area contributed by atoms with Gasteiger partial charge in [0.05, 0.1) is 12.2 Å². The molecule has 0 atom stereocenters. The number of benzene rings is 2. The third-order valence-corrected chi connectivity index (χ3v) is 5.81. The van der Waals surface area contributed by atoms with Gasteiger partial charge in [0.25, 0.3) is 11.8 Å². The molecule has 0 heterocycles. The lowest BCUT2D eigenvalue weighted by atomic mass is 10.1. The molecule has 0 radical (unpaired) electrons. The van der Waals surface area contributed by atoms with Crippen molar-refractivity contribution < 1.29 is 14.3 Å². The van der Waals surface area contributed by atoms with E-state index in [1.54, 1.807) is 41.3 Å². The molecule has 33 heavy (non-hydrogen) atoms. The lowest BCUT2D eigenvalue weighted by Gasteiger charge is -2.18. The highest BCUT2D eigenvalue weighted by molar-refractivity contribution is 9.10. The van der Waals surface area contributed by atoms with Crippen molar-refractivity contribution in [1.82, 2.24) is 10.2 Å². The highest BCUT2D eigenvalue weighted by atomic mass is 79.9. The fourth-order valence-electron chi connectivity index (χ4n) is 3.24. The summed E-state index contributed by atoms with van der Waals surface area (Å²) in [5.41, 5.74) is 1.69. The molecule has 178 valence electrons. The van der Waals surface area contributed by atoms with Crippen molar-refractivity contribution in [2.24, 2.45) is 0 Å². The molecule has 2 aromatic rings. The summed E-state index contributed by atoms with van der Waals surface area (Å²) < 4.78 is 6.63. The van der Waals surface area contributed by atoms with Gasteiger partial charge in [-0.05, 0) is 75.0 Å². The van der Waals surface area contributed by atoms with E-state index in [4.69, 9.17) is 17.0 Å². The molecule has 6 nitrogen and oxygen atoms in total. The standard InChI is InChI=1S/C25H32BrN3O3S/c1-4-7-8-9-16-32-22-15-12-19(26)17-21(22)23(30)28-25(33)27-20-13-10-18(11-14-20)24(31)29(5-2)6-3/h10-15,17H,4-9,16H2,1-3H3,(H2,27,28,30,33). The molecule has 2 rings (SSSR count). The van der Waals surface area contributed by atoms with Crippen LogP contribution in [0.1, 0.15) is 67.2 Å². The fraction of sp³-hybridized carbons (Fsp3) is 0.400. The van der Waals surface area contributed by atoms with Crippen molar-refractivity contribution in [2.45, 2.75) is 46.5 Å². The number of hydrogen-bond donors (Lipinski definition) is 2. The molecule has 0 spiro atoms. The Morgan fingerprint density at radius 2 is 1.70 bits per heavy atom. The summed E-state index contributed by atoms with van der Waals surface area (Å²) in [6, 6.07) is 12.3. The van der Waals surface area contributed by atoms with Crippen LogP contribution in [0.15, 0.2) is 46.9 Å². The number of rotatable bonds is 11. The Morgan fingerprint density at radius 3 is 2.33 bits per heavy atom. The van der Waals surface area contributed by atoms with Gasteiger partial charge in [-0.3, -0.25) is 14.9 Å². The van der Waals surface area contributed by atoms with Crippen molar-refractivity contribution in [3.63, 3.8) is 0 Å². The van der Waals surface area contributed by atoms with Crippen LogP contribution in [0, 0.1) is 0 Å². The Bertz CT molecular complexity index is 946. The first kappa shape index (κ1) is 26.8. The van der Waals surface area contributed by atoms with Crippen LogP contribution in [0.4, 0.5) is 5.69 Å². The van der Waals surface area contributed by atoms with Crippen LogP contribution in [0.3, 0.4) is 0 Å².